The molecule has 0 fully saturated rings. The van der Waals surface area contributed by atoms with Crippen LogP contribution < -0.4 is 0 Å². The molecule has 2 unspecified atom stereocenters. The average molecular weight is 146 g/mol. The van der Waals surface area contributed by atoms with Crippen LogP contribution >= 0.6 is 0 Å². The predicted octanol–water partition coefficient (Wildman–Crippen LogP) is 1.16. The molecule has 0 aliphatic rings. The van der Waals surface area contributed by atoms with E-state index in [1.165, 1.54) is 0 Å². The first kappa shape index (κ1) is 9.92. The molecular formula is C8H18O2. The Morgan fingerprint density at radius 2 is 1.80 bits per heavy atom. The zero-order valence-electron chi connectivity index (χ0n) is 7.26. The van der Waals surface area contributed by atoms with Crippen molar-refractivity contribution >= 4 is 0 Å². The van der Waals surface area contributed by atoms with Gasteiger partial charge in [0.15, 0.2) is 0 Å². The van der Waals surface area contributed by atoms with Crippen LogP contribution in [0.5, 0.6) is 0 Å². The Labute approximate surface area is 62.9 Å². The summed E-state index contributed by atoms with van der Waals surface area (Å²) in [6.07, 6.45) is 0.311. The van der Waals surface area contributed by atoms with Crippen molar-refractivity contribution in [3.8, 4) is 0 Å². The van der Waals surface area contributed by atoms with E-state index in [-0.39, 0.29) is 12.0 Å². The van der Waals surface area contributed by atoms with Gasteiger partial charge in [-0.3, -0.25) is 0 Å². The molecule has 62 valence electrons. The topological polar surface area (TPSA) is 40.5 Å². The molecule has 0 aliphatic carbocycles. The minimum atomic E-state index is -0.768. The van der Waals surface area contributed by atoms with Gasteiger partial charge in [0.05, 0.1) is 11.7 Å². The van der Waals surface area contributed by atoms with Crippen LogP contribution in [0.1, 0.15) is 34.1 Å². The van der Waals surface area contributed by atoms with Gasteiger partial charge in [0.25, 0.3) is 0 Å². The maximum absolute atomic E-state index is 9.43. The summed E-state index contributed by atoms with van der Waals surface area (Å²) in [6.45, 7) is 7.20. The monoisotopic (exact) mass is 146 g/mol. The maximum Gasteiger partial charge on any atom is 0.0641 e. The van der Waals surface area contributed by atoms with Crippen LogP contribution in [0.2, 0.25) is 0 Å². The van der Waals surface area contributed by atoms with E-state index in [0.717, 1.165) is 0 Å². The summed E-state index contributed by atoms with van der Waals surface area (Å²) >= 11 is 0. The Hall–Kier alpha value is -0.0800. The van der Waals surface area contributed by atoms with E-state index in [1.807, 2.05) is 13.8 Å². The predicted molar refractivity (Wildman–Crippen MR) is 41.8 cm³/mol. The van der Waals surface area contributed by atoms with Crippen molar-refractivity contribution in [1.82, 2.24) is 0 Å². The van der Waals surface area contributed by atoms with Crippen LogP contribution in [0, 0.1) is 5.92 Å². The summed E-state index contributed by atoms with van der Waals surface area (Å²) in [7, 11) is 0. The first-order chi connectivity index (χ1) is 4.39. The Balaban J connectivity index is 3.94. The van der Waals surface area contributed by atoms with Crippen molar-refractivity contribution in [2.75, 3.05) is 0 Å². The summed E-state index contributed by atoms with van der Waals surface area (Å²) in [5.74, 6) is -0.0579. The fourth-order valence-electron chi connectivity index (χ4n) is 0.824. The van der Waals surface area contributed by atoms with Crippen molar-refractivity contribution < 1.29 is 10.2 Å². The zero-order valence-corrected chi connectivity index (χ0v) is 7.26. The molecule has 0 saturated carbocycles. The maximum atomic E-state index is 9.43. The number of hydrogen-bond acceptors (Lipinski definition) is 2. The number of hydrogen-bond donors (Lipinski definition) is 2. The second kappa shape index (κ2) is 3.35. The molecule has 0 aromatic rings. The first-order valence-electron chi connectivity index (χ1n) is 3.80. The molecule has 0 rings (SSSR count). The molecule has 0 aromatic carbocycles. The van der Waals surface area contributed by atoms with Gasteiger partial charge in [0.1, 0.15) is 0 Å². The average Bonchev–Trinajstić information content (AvgIpc) is 1.83. The van der Waals surface area contributed by atoms with Crippen LogP contribution in [0.25, 0.3) is 0 Å². The van der Waals surface area contributed by atoms with E-state index in [4.69, 9.17) is 0 Å². The number of aliphatic hydroxyl groups excluding tert-OH is 1. The Bertz CT molecular complexity index is 93.9. The molecule has 0 heterocycles. The molecule has 0 saturated heterocycles. The molecule has 0 radical (unpaired) electrons. The Morgan fingerprint density at radius 3 is 1.90 bits per heavy atom. The molecule has 0 aliphatic heterocycles. The highest BCUT2D eigenvalue weighted by Gasteiger charge is 2.27. The lowest BCUT2D eigenvalue weighted by Gasteiger charge is -2.29. The molecule has 2 heteroatoms. The summed E-state index contributed by atoms with van der Waals surface area (Å²) < 4.78 is 0. The van der Waals surface area contributed by atoms with Crippen LogP contribution in [-0.4, -0.2) is 21.9 Å². The van der Waals surface area contributed by atoms with E-state index >= 15 is 0 Å². The highest BCUT2D eigenvalue weighted by molar-refractivity contribution is 4.78. The van der Waals surface area contributed by atoms with Crippen LogP contribution in [0.15, 0.2) is 0 Å². The van der Waals surface area contributed by atoms with Gasteiger partial charge in [-0.15, -0.1) is 0 Å². The lowest BCUT2D eigenvalue weighted by molar-refractivity contribution is -0.0385. The number of aliphatic hydroxyl groups is 2. The highest BCUT2D eigenvalue weighted by Crippen LogP contribution is 2.20. The van der Waals surface area contributed by atoms with Crippen molar-refractivity contribution in [3.63, 3.8) is 0 Å². The lowest BCUT2D eigenvalue weighted by Crippen LogP contribution is -2.36. The molecule has 0 aromatic heterocycles. The summed E-state index contributed by atoms with van der Waals surface area (Å²) in [5, 5.41) is 18.7. The van der Waals surface area contributed by atoms with Gasteiger partial charge in [0, 0.05) is 5.92 Å². The smallest absolute Gasteiger partial charge is 0.0641 e. The van der Waals surface area contributed by atoms with Gasteiger partial charge in [0.2, 0.25) is 0 Å². The molecule has 0 spiro atoms. The minimum absolute atomic E-state index is 0.0579. The van der Waals surface area contributed by atoms with Gasteiger partial charge in [-0.1, -0.05) is 13.8 Å². The Kier molecular flexibility index (Phi) is 3.33. The molecule has 10 heavy (non-hydrogen) atoms. The quantitative estimate of drug-likeness (QED) is 0.627. The number of rotatable bonds is 3. The third kappa shape index (κ3) is 2.67. The second-order valence-corrected chi connectivity index (χ2v) is 3.42. The van der Waals surface area contributed by atoms with Crippen LogP contribution in [0.3, 0.4) is 0 Å². The van der Waals surface area contributed by atoms with Crippen LogP contribution in [0.4, 0.5) is 0 Å². The van der Waals surface area contributed by atoms with Crippen LogP contribution in [-0.2, 0) is 0 Å². The van der Waals surface area contributed by atoms with Gasteiger partial charge in [-0.05, 0) is 20.3 Å². The second-order valence-electron chi connectivity index (χ2n) is 3.42. The fraction of sp³-hybridized carbons (Fsp3) is 1.00. The van der Waals surface area contributed by atoms with E-state index in [2.05, 4.69) is 0 Å². The molecule has 2 atom stereocenters. The standard InChI is InChI=1S/C8H18O2/c1-5-7(9)6(2)8(3,4)10/h6-7,9-10H,5H2,1-4H3. The zero-order chi connectivity index (χ0) is 8.36. The van der Waals surface area contributed by atoms with Crippen molar-refractivity contribution in [2.24, 2.45) is 5.92 Å². The SMILES string of the molecule is CCC(O)C(C)C(C)(C)O. The summed E-state index contributed by atoms with van der Waals surface area (Å²) in [6, 6.07) is 0. The van der Waals surface area contributed by atoms with E-state index < -0.39 is 5.60 Å². The third-order valence-electron chi connectivity index (χ3n) is 2.11. The summed E-state index contributed by atoms with van der Waals surface area (Å²) in [5.41, 5.74) is -0.768. The summed E-state index contributed by atoms with van der Waals surface area (Å²) in [4.78, 5) is 0. The fourth-order valence-corrected chi connectivity index (χ4v) is 0.824. The highest BCUT2D eigenvalue weighted by atomic mass is 16.3. The van der Waals surface area contributed by atoms with E-state index in [1.54, 1.807) is 13.8 Å². The Morgan fingerprint density at radius 1 is 1.40 bits per heavy atom. The van der Waals surface area contributed by atoms with E-state index in [0.29, 0.717) is 6.42 Å². The minimum Gasteiger partial charge on any atom is -0.393 e. The van der Waals surface area contributed by atoms with Crippen molar-refractivity contribution in [3.05, 3.63) is 0 Å². The third-order valence-corrected chi connectivity index (χ3v) is 2.11. The molecule has 0 bridgehead atoms. The lowest BCUT2D eigenvalue weighted by atomic mass is 9.87. The molecule has 2 nitrogen and oxygen atoms in total. The van der Waals surface area contributed by atoms with E-state index in [9.17, 15) is 10.2 Å². The molecular weight excluding hydrogens is 128 g/mol. The van der Waals surface area contributed by atoms with Gasteiger partial charge in [-0.25, -0.2) is 0 Å². The van der Waals surface area contributed by atoms with Crippen molar-refractivity contribution in [1.29, 1.82) is 0 Å². The largest absolute Gasteiger partial charge is 0.393 e. The van der Waals surface area contributed by atoms with Gasteiger partial charge in [-0.2, -0.15) is 0 Å². The van der Waals surface area contributed by atoms with Crippen molar-refractivity contribution in [2.45, 2.75) is 45.8 Å². The molecule has 0 amide bonds. The first-order valence-corrected chi connectivity index (χ1v) is 3.80. The van der Waals surface area contributed by atoms with Gasteiger partial charge < -0.3 is 10.2 Å². The molecule has 2 N–H and O–H groups in total. The van der Waals surface area contributed by atoms with Gasteiger partial charge >= 0.3 is 0 Å². The normalized spacial score (nSPS) is 18.6.